The van der Waals surface area contributed by atoms with E-state index in [9.17, 15) is 44.4 Å². The average Bonchev–Trinajstić information content (AvgIpc) is 3.26. The maximum Gasteiger partial charge on any atom is 0.335 e. The van der Waals surface area contributed by atoms with Crippen molar-refractivity contribution >= 4 is 29.7 Å². The van der Waals surface area contributed by atoms with Gasteiger partial charge in [0.15, 0.2) is 6.10 Å². The van der Waals surface area contributed by atoms with Gasteiger partial charge in [-0.15, -0.1) is 0 Å². The number of aryl methyl sites for hydroxylation is 1. The van der Waals surface area contributed by atoms with E-state index in [2.05, 4.69) is 5.32 Å². The molecule has 42 heavy (non-hydrogen) atoms. The molecule has 0 aromatic heterocycles. The van der Waals surface area contributed by atoms with Crippen molar-refractivity contribution in [1.29, 1.82) is 0 Å². The van der Waals surface area contributed by atoms with Crippen molar-refractivity contribution in [2.24, 2.45) is 5.41 Å². The molecule has 1 aromatic rings. The van der Waals surface area contributed by atoms with Gasteiger partial charge in [0.25, 0.3) is 11.8 Å². The van der Waals surface area contributed by atoms with Crippen molar-refractivity contribution in [3.63, 3.8) is 0 Å². The molecule has 230 valence electrons. The lowest BCUT2D eigenvalue weighted by atomic mass is 9.91. The van der Waals surface area contributed by atoms with Gasteiger partial charge in [0.2, 0.25) is 12.2 Å². The highest BCUT2D eigenvalue weighted by Crippen LogP contribution is 2.30. The summed E-state index contributed by atoms with van der Waals surface area (Å²) >= 11 is 0. The number of carbonyl (C=O) groups is 5. The Labute approximate surface area is 241 Å². The lowest BCUT2D eigenvalue weighted by molar-refractivity contribution is -0.271. The van der Waals surface area contributed by atoms with Crippen LogP contribution in [-0.4, -0.2) is 98.8 Å². The first kappa shape index (κ1) is 32.7. The fourth-order valence-corrected chi connectivity index (χ4v) is 4.05. The summed E-state index contributed by atoms with van der Waals surface area (Å²) in [6.45, 7) is 4.92. The van der Waals surface area contributed by atoms with Crippen LogP contribution in [0.2, 0.25) is 0 Å². The minimum atomic E-state index is -1.89. The van der Waals surface area contributed by atoms with Gasteiger partial charge in [-0.25, -0.2) is 4.79 Å². The molecule has 1 saturated heterocycles. The molecule has 14 nitrogen and oxygen atoms in total. The Morgan fingerprint density at radius 1 is 1.05 bits per heavy atom. The van der Waals surface area contributed by atoms with Crippen molar-refractivity contribution in [3.8, 4) is 5.75 Å². The Bertz CT molecular complexity index is 1210. The minimum Gasteiger partial charge on any atom is -0.479 e. The number of aliphatic hydroxyl groups is 3. The molecule has 1 aromatic carbocycles. The van der Waals surface area contributed by atoms with Crippen LogP contribution in [0.15, 0.2) is 30.4 Å². The summed E-state index contributed by atoms with van der Waals surface area (Å²) in [6.07, 6.45) is -5.54. The predicted molar refractivity (Wildman–Crippen MR) is 142 cm³/mol. The third-order valence-electron chi connectivity index (χ3n) is 7.15. The van der Waals surface area contributed by atoms with Crippen LogP contribution in [0.1, 0.15) is 44.7 Å². The Hall–Kier alpha value is -3.85. The summed E-state index contributed by atoms with van der Waals surface area (Å²) in [7, 11) is 0. The fourth-order valence-electron chi connectivity index (χ4n) is 4.05. The maximum absolute atomic E-state index is 12.5. The van der Waals surface area contributed by atoms with Crippen LogP contribution in [0.3, 0.4) is 0 Å². The van der Waals surface area contributed by atoms with Crippen molar-refractivity contribution in [3.05, 3.63) is 41.5 Å². The van der Waals surface area contributed by atoms with Gasteiger partial charge >= 0.3 is 11.9 Å². The van der Waals surface area contributed by atoms with E-state index in [1.807, 2.05) is 6.92 Å². The topological polar surface area (TPSA) is 209 Å². The number of carboxylic acids is 1. The van der Waals surface area contributed by atoms with Gasteiger partial charge in [-0.3, -0.25) is 24.1 Å². The highest BCUT2D eigenvalue weighted by molar-refractivity contribution is 6.14. The molecule has 0 radical (unpaired) electrons. The van der Waals surface area contributed by atoms with E-state index in [4.69, 9.17) is 14.2 Å². The van der Waals surface area contributed by atoms with Crippen molar-refractivity contribution in [1.82, 2.24) is 10.2 Å². The number of aliphatic hydroxyl groups excluding tert-OH is 3. The van der Waals surface area contributed by atoms with Crippen molar-refractivity contribution in [2.75, 3.05) is 13.1 Å². The predicted octanol–water partition coefficient (Wildman–Crippen LogP) is -0.589. The third-order valence-corrected chi connectivity index (χ3v) is 7.15. The van der Waals surface area contributed by atoms with Crippen LogP contribution in [0.4, 0.5) is 0 Å². The molecule has 0 aliphatic carbocycles. The zero-order valence-electron chi connectivity index (χ0n) is 23.5. The Morgan fingerprint density at radius 3 is 2.33 bits per heavy atom. The first-order valence-electron chi connectivity index (χ1n) is 13.4. The number of aliphatic carboxylic acids is 1. The molecule has 0 spiro atoms. The quantitative estimate of drug-likeness (QED) is 0.111. The zero-order valence-corrected chi connectivity index (χ0v) is 23.5. The second kappa shape index (κ2) is 13.9. The van der Waals surface area contributed by atoms with Crippen LogP contribution in [0, 0.1) is 5.41 Å². The average molecular weight is 593 g/mol. The van der Waals surface area contributed by atoms with Gasteiger partial charge in [0.1, 0.15) is 37.2 Å². The number of nitrogens with one attached hydrogen (secondary N) is 1. The molecule has 3 rings (SSSR count). The number of rotatable bonds is 13. The molecule has 2 heterocycles. The molecule has 5 atom stereocenters. The number of benzene rings is 1. The van der Waals surface area contributed by atoms with Crippen LogP contribution in [0.25, 0.3) is 0 Å². The molecule has 3 amide bonds. The maximum atomic E-state index is 12.5. The molecule has 2 aliphatic heterocycles. The Morgan fingerprint density at radius 2 is 1.71 bits per heavy atom. The van der Waals surface area contributed by atoms with Gasteiger partial charge in [0.05, 0.1) is 5.41 Å². The van der Waals surface area contributed by atoms with Crippen molar-refractivity contribution < 1.29 is 58.6 Å². The number of imide groups is 1. The van der Waals surface area contributed by atoms with E-state index >= 15 is 0 Å². The first-order chi connectivity index (χ1) is 19.7. The van der Waals surface area contributed by atoms with E-state index < -0.39 is 72.3 Å². The number of carbonyl (C=O) groups excluding carboxylic acids is 4. The summed E-state index contributed by atoms with van der Waals surface area (Å²) in [5.41, 5.74) is 0.316. The van der Waals surface area contributed by atoms with Crippen LogP contribution >= 0.6 is 0 Å². The number of amides is 3. The SMILES string of the molecule is CCC(C)(C)C(=O)OCc1ccc(CCCNC(=O)CN2C(=O)C=CC2=O)cc1O[C@@H]1O[C@H](C(=O)O)[C@@H](O)[C@H](O)[C@H]1O. The highest BCUT2D eigenvalue weighted by Gasteiger charge is 2.48. The molecule has 0 unspecified atom stereocenters. The van der Waals surface area contributed by atoms with Crippen LogP contribution in [0.5, 0.6) is 5.75 Å². The van der Waals surface area contributed by atoms with E-state index in [-0.39, 0.29) is 18.9 Å². The monoisotopic (exact) mass is 592 g/mol. The molecule has 0 saturated carbocycles. The smallest absolute Gasteiger partial charge is 0.335 e. The molecular weight excluding hydrogens is 556 g/mol. The second-order valence-corrected chi connectivity index (χ2v) is 10.7. The molecule has 1 fully saturated rings. The summed E-state index contributed by atoms with van der Waals surface area (Å²) < 4.78 is 16.5. The van der Waals surface area contributed by atoms with Crippen molar-refractivity contribution in [2.45, 2.75) is 77.3 Å². The summed E-state index contributed by atoms with van der Waals surface area (Å²) in [5.74, 6) is -3.57. The normalized spacial score (nSPS) is 24.0. The fraction of sp³-hybridized carbons (Fsp3) is 0.536. The van der Waals surface area contributed by atoms with E-state index in [0.29, 0.717) is 30.4 Å². The lowest BCUT2D eigenvalue weighted by Crippen LogP contribution is -2.61. The van der Waals surface area contributed by atoms with Gasteiger partial charge in [-0.05, 0) is 44.7 Å². The summed E-state index contributed by atoms with van der Waals surface area (Å²) in [4.78, 5) is 60.2. The van der Waals surface area contributed by atoms with E-state index in [1.165, 1.54) is 0 Å². The third kappa shape index (κ3) is 7.91. The number of carboxylic acid groups (broad SMARTS) is 1. The number of ether oxygens (including phenoxy) is 3. The van der Waals surface area contributed by atoms with E-state index in [1.54, 1.807) is 32.0 Å². The van der Waals surface area contributed by atoms with E-state index in [0.717, 1.165) is 17.1 Å². The zero-order chi connectivity index (χ0) is 31.2. The number of hydrogen-bond donors (Lipinski definition) is 5. The Kier molecular flexibility index (Phi) is 10.8. The molecular formula is C28H36N2O12. The van der Waals surface area contributed by atoms with Gasteiger partial charge in [-0.1, -0.05) is 19.1 Å². The van der Waals surface area contributed by atoms with Gasteiger partial charge in [-0.2, -0.15) is 0 Å². The lowest BCUT2D eigenvalue weighted by Gasteiger charge is -2.38. The molecule has 5 N–H and O–H groups in total. The van der Waals surface area contributed by atoms with Gasteiger partial charge in [0, 0.05) is 24.3 Å². The Balaban J connectivity index is 1.69. The second-order valence-electron chi connectivity index (χ2n) is 10.7. The van der Waals surface area contributed by atoms with Gasteiger partial charge < -0.3 is 40.0 Å². The minimum absolute atomic E-state index is 0.0778. The van der Waals surface area contributed by atoms with Crippen LogP contribution in [-0.2, 0) is 46.5 Å². The first-order valence-corrected chi connectivity index (χ1v) is 13.4. The summed E-state index contributed by atoms with van der Waals surface area (Å²) in [6, 6.07) is 4.90. The number of esters is 1. The largest absolute Gasteiger partial charge is 0.479 e. The summed E-state index contributed by atoms with van der Waals surface area (Å²) in [5, 5.41) is 42.5. The molecule has 0 bridgehead atoms. The number of nitrogens with zero attached hydrogens (tertiary/aromatic N) is 1. The standard InChI is InChI=1S/C28H36N2O12/c1-4-28(2,3)27(39)40-14-16-8-7-15(6-5-11-29-18(31)13-30-19(32)9-10-20(30)33)12-17(16)41-26-23(36)21(34)22(35)24(42-26)25(37)38/h7-10,12,21-24,26,34-36H,4-6,11,13-14H2,1-3H3,(H,29,31)(H,37,38)/t21-,22-,23+,24-,26+/m0/s1. The van der Waals surface area contributed by atoms with Crippen LogP contribution < -0.4 is 10.1 Å². The number of hydrogen-bond acceptors (Lipinski definition) is 11. The molecule has 14 heteroatoms. The molecule has 2 aliphatic rings. The highest BCUT2D eigenvalue weighted by atomic mass is 16.7.